The van der Waals surface area contributed by atoms with E-state index in [1.54, 1.807) is 0 Å². The predicted molar refractivity (Wildman–Crippen MR) is 81.6 cm³/mol. The van der Waals surface area contributed by atoms with Crippen molar-refractivity contribution >= 4 is 9.84 Å². The van der Waals surface area contributed by atoms with Crippen LogP contribution in [0.5, 0.6) is 0 Å². The molecule has 1 spiro atoms. The summed E-state index contributed by atoms with van der Waals surface area (Å²) in [5.41, 5.74) is 0.279. The van der Waals surface area contributed by atoms with Crippen molar-refractivity contribution in [2.45, 2.75) is 56.5 Å². The molecule has 1 atom stereocenters. The molecular formula is C15H28N2O2S. The maximum atomic E-state index is 11.5. The molecule has 2 aliphatic carbocycles. The van der Waals surface area contributed by atoms with E-state index in [2.05, 4.69) is 10.2 Å². The number of hydrogen-bond acceptors (Lipinski definition) is 4. The van der Waals surface area contributed by atoms with Crippen molar-refractivity contribution in [2.24, 2.45) is 5.92 Å². The van der Waals surface area contributed by atoms with Crippen LogP contribution < -0.4 is 5.32 Å². The zero-order valence-electron chi connectivity index (χ0n) is 12.6. The van der Waals surface area contributed by atoms with Gasteiger partial charge in [-0.25, -0.2) is 8.42 Å². The molecule has 1 N–H and O–H groups in total. The molecule has 4 nitrogen and oxygen atoms in total. The van der Waals surface area contributed by atoms with Crippen LogP contribution in [0.2, 0.25) is 0 Å². The van der Waals surface area contributed by atoms with Gasteiger partial charge in [-0.2, -0.15) is 0 Å². The second-order valence-electron chi connectivity index (χ2n) is 7.23. The molecule has 3 fully saturated rings. The highest BCUT2D eigenvalue weighted by molar-refractivity contribution is 7.90. The molecule has 1 heterocycles. The van der Waals surface area contributed by atoms with Crippen LogP contribution >= 0.6 is 0 Å². The summed E-state index contributed by atoms with van der Waals surface area (Å²) in [5.74, 6) is 1.12. The average Bonchev–Trinajstić information content (AvgIpc) is 3.21. The van der Waals surface area contributed by atoms with Crippen LogP contribution in [0.3, 0.4) is 0 Å². The highest BCUT2D eigenvalue weighted by Gasteiger charge is 2.44. The van der Waals surface area contributed by atoms with Gasteiger partial charge in [0.1, 0.15) is 9.84 Å². The normalized spacial score (nSPS) is 31.6. The minimum absolute atomic E-state index is 0.279. The molecule has 5 heteroatoms. The van der Waals surface area contributed by atoms with Gasteiger partial charge in [-0.3, -0.25) is 4.90 Å². The average molecular weight is 300 g/mol. The third kappa shape index (κ3) is 3.55. The first kappa shape index (κ1) is 14.8. The molecule has 1 saturated heterocycles. The summed E-state index contributed by atoms with van der Waals surface area (Å²) in [6.45, 7) is 2.85. The molecule has 116 valence electrons. The number of rotatable bonds is 4. The maximum absolute atomic E-state index is 11.5. The van der Waals surface area contributed by atoms with Gasteiger partial charge in [-0.1, -0.05) is 19.3 Å². The molecule has 0 amide bonds. The number of nitrogens with one attached hydrogen (secondary N) is 1. The maximum Gasteiger partial charge on any atom is 0.148 e. The van der Waals surface area contributed by atoms with Crippen molar-refractivity contribution in [3.05, 3.63) is 0 Å². The lowest BCUT2D eigenvalue weighted by Crippen LogP contribution is -2.65. The molecule has 20 heavy (non-hydrogen) atoms. The van der Waals surface area contributed by atoms with Crippen molar-refractivity contribution in [3.8, 4) is 0 Å². The van der Waals surface area contributed by atoms with E-state index in [0.717, 1.165) is 25.6 Å². The zero-order chi connectivity index (χ0) is 14.2. The highest BCUT2D eigenvalue weighted by atomic mass is 32.2. The van der Waals surface area contributed by atoms with Crippen molar-refractivity contribution in [1.82, 2.24) is 10.2 Å². The number of hydrogen-bond donors (Lipinski definition) is 1. The summed E-state index contributed by atoms with van der Waals surface area (Å²) in [5, 5.41) is 3.84. The van der Waals surface area contributed by atoms with Gasteiger partial charge in [0, 0.05) is 37.5 Å². The standard InChI is InChI=1S/C15H28N2O2S/c1-20(18,19)10-9-17-12-15(7-3-2-4-8-15)16-11-14(17)13-5-6-13/h13-14,16H,2-12H2,1H3. The van der Waals surface area contributed by atoms with Crippen LogP contribution in [-0.4, -0.2) is 56.5 Å². The van der Waals surface area contributed by atoms with Gasteiger partial charge in [0.15, 0.2) is 0 Å². The molecule has 0 aromatic rings. The molecule has 1 aliphatic heterocycles. The first-order chi connectivity index (χ1) is 9.48. The Hall–Kier alpha value is -0.130. The van der Waals surface area contributed by atoms with E-state index < -0.39 is 9.84 Å². The van der Waals surface area contributed by atoms with Gasteiger partial charge in [0.2, 0.25) is 0 Å². The second kappa shape index (κ2) is 5.58. The molecule has 3 rings (SSSR count). The third-order valence-electron chi connectivity index (χ3n) is 5.39. The summed E-state index contributed by atoms with van der Waals surface area (Å²) < 4.78 is 23.0. The van der Waals surface area contributed by atoms with Crippen LogP contribution in [0.15, 0.2) is 0 Å². The topological polar surface area (TPSA) is 49.4 Å². The second-order valence-corrected chi connectivity index (χ2v) is 9.49. The quantitative estimate of drug-likeness (QED) is 0.853. The van der Waals surface area contributed by atoms with Gasteiger partial charge < -0.3 is 5.32 Å². The lowest BCUT2D eigenvalue weighted by molar-refractivity contribution is 0.0511. The van der Waals surface area contributed by atoms with E-state index >= 15 is 0 Å². The summed E-state index contributed by atoms with van der Waals surface area (Å²) in [7, 11) is -2.86. The van der Waals surface area contributed by atoms with Gasteiger partial charge in [-0.05, 0) is 31.6 Å². The van der Waals surface area contributed by atoms with Gasteiger partial charge in [0.25, 0.3) is 0 Å². The van der Waals surface area contributed by atoms with E-state index in [-0.39, 0.29) is 5.54 Å². The largest absolute Gasteiger partial charge is 0.308 e. The minimum atomic E-state index is -2.86. The van der Waals surface area contributed by atoms with Crippen molar-refractivity contribution in [2.75, 3.05) is 31.6 Å². The van der Waals surface area contributed by atoms with Crippen LogP contribution in [0, 0.1) is 5.92 Å². The summed E-state index contributed by atoms with van der Waals surface area (Å²) in [6, 6.07) is 0.573. The van der Waals surface area contributed by atoms with E-state index in [0.29, 0.717) is 11.8 Å². The monoisotopic (exact) mass is 300 g/mol. The van der Waals surface area contributed by atoms with Crippen LogP contribution in [0.25, 0.3) is 0 Å². The summed E-state index contributed by atoms with van der Waals surface area (Å²) in [4.78, 5) is 2.50. The lowest BCUT2D eigenvalue weighted by atomic mass is 9.79. The Morgan fingerprint density at radius 2 is 1.90 bits per heavy atom. The number of nitrogens with zero attached hydrogens (tertiary/aromatic N) is 1. The fraction of sp³-hybridized carbons (Fsp3) is 1.00. The summed E-state index contributed by atoms with van der Waals surface area (Å²) in [6.07, 6.45) is 10.5. The Kier molecular flexibility index (Phi) is 4.13. The Morgan fingerprint density at radius 3 is 2.50 bits per heavy atom. The molecule has 0 radical (unpaired) electrons. The fourth-order valence-electron chi connectivity index (χ4n) is 4.05. The SMILES string of the molecule is CS(=O)(=O)CCN1CC2(CCCCC2)NCC1C1CC1. The smallest absolute Gasteiger partial charge is 0.148 e. The van der Waals surface area contributed by atoms with E-state index in [1.807, 2.05) is 0 Å². The minimum Gasteiger partial charge on any atom is -0.308 e. The van der Waals surface area contributed by atoms with Crippen molar-refractivity contribution < 1.29 is 8.42 Å². The Morgan fingerprint density at radius 1 is 1.20 bits per heavy atom. The van der Waals surface area contributed by atoms with E-state index in [9.17, 15) is 8.42 Å². The zero-order valence-corrected chi connectivity index (χ0v) is 13.4. The molecule has 1 unspecified atom stereocenters. The highest BCUT2D eigenvalue weighted by Crippen LogP contribution is 2.39. The number of sulfone groups is 1. The number of piperazine rings is 1. The van der Waals surface area contributed by atoms with Crippen LogP contribution in [0.1, 0.15) is 44.9 Å². The van der Waals surface area contributed by atoms with Crippen LogP contribution in [-0.2, 0) is 9.84 Å². The van der Waals surface area contributed by atoms with Gasteiger partial charge in [0.05, 0.1) is 5.75 Å². The fourth-order valence-corrected chi connectivity index (χ4v) is 4.62. The van der Waals surface area contributed by atoms with Crippen LogP contribution in [0.4, 0.5) is 0 Å². The Balaban J connectivity index is 1.67. The lowest BCUT2D eigenvalue weighted by Gasteiger charge is -2.50. The van der Waals surface area contributed by atoms with Crippen molar-refractivity contribution in [1.29, 1.82) is 0 Å². The predicted octanol–water partition coefficient (Wildman–Crippen LogP) is 1.42. The van der Waals surface area contributed by atoms with Gasteiger partial charge in [-0.15, -0.1) is 0 Å². The molecule has 0 aromatic heterocycles. The molecule has 3 aliphatic rings. The first-order valence-electron chi connectivity index (χ1n) is 8.14. The summed E-state index contributed by atoms with van der Waals surface area (Å²) >= 11 is 0. The third-order valence-corrected chi connectivity index (χ3v) is 6.31. The Bertz CT molecular complexity index is 439. The van der Waals surface area contributed by atoms with Gasteiger partial charge >= 0.3 is 0 Å². The van der Waals surface area contributed by atoms with E-state index in [1.165, 1.54) is 51.2 Å². The Labute approximate surface area is 123 Å². The molecule has 0 bridgehead atoms. The molecule has 2 saturated carbocycles. The van der Waals surface area contributed by atoms with E-state index in [4.69, 9.17) is 0 Å². The first-order valence-corrected chi connectivity index (χ1v) is 10.2. The molecule has 0 aromatic carbocycles. The molecular weight excluding hydrogens is 272 g/mol. The van der Waals surface area contributed by atoms with Crippen molar-refractivity contribution in [3.63, 3.8) is 0 Å².